The molecule has 1 aliphatic rings. The van der Waals surface area contributed by atoms with Crippen molar-refractivity contribution < 1.29 is 22.7 Å². The summed E-state index contributed by atoms with van der Waals surface area (Å²) in [5.74, 6) is -2.80. The van der Waals surface area contributed by atoms with Gasteiger partial charge in [-0.25, -0.2) is 12.7 Å². The summed E-state index contributed by atoms with van der Waals surface area (Å²) in [6.45, 7) is 1.74. The smallest absolute Gasteiger partial charge is 0.323 e. The highest BCUT2D eigenvalue weighted by Crippen LogP contribution is 2.37. The van der Waals surface area contributed by atoms with Crippen LogP contribution in [0.1, 0.15) is 18.4 Å². The number of hydrogen-bond donors (Lipinski definition) is 0. The number of carbonyl (C=O) groups excluding carboxylic acids is 2. The molecule has 0 fully saturated rings. The lowest BCUT2D eigenvalue weighted by Crippen LogP contribution is -2.44. The second-order valence-corrected chi connectivity index (χ2v) is 7.17. The van der Waals surface area contributed by atoms with E-state index in [9.17, 15) is 18.0 Å². The van der Waals surface area contributed by atoms with Crippen LogP contribution >= 0.6 is 0 Å². The van der Waals surface area contributed by atoms with E-state index < -0.39 is 27.8 Å². The van der Waals surface area contributed by atoms with Crippen molar-refractivity contribution in [3.05, 3.63) is 42.0 Å². The first-order valence-electron chi connectivity index (χ1n) is 7.10. The van der Waals surface area contributed by atoms with Crippen LogP contribution in [0.15, 0.2) is 41.3 Å². The molecule has 2 aromatic carbocycles. The van der Waals surface area contributed by atoms with Crippen molar-refractivity contribution in [3.63, 3.8) is 0 Å². The van der Waals surface area contributed by atoms with Crippen molar-refractivity contribution in [1.82, 2.24) is 4.31 Å². The van der Waals surface area contributed by atoms with Gasteiger partial charge in [-0.1, -0.05) is 24.3 Å². The van der Waals surface area contributed by atoms with Gasteiger partial charge in [-0.05, 0) is 35.4 Å². The van der Waals surface area contributed by atoms with Gasteiger partial charge in [-0.15, -0.1) is 0 Å². The fourth-order valence-electron chi connectivity index (χ4n) is 2.72. The number of benzene rings is 2. The van der Waals surface area contributed by atoms with Crippen molar-refractivity contribution in [2.45, 2.75) is 17.7 Å². The minimum Gasteiger partial charge on any atom is -0.465 e. The predicted octanol–water partition coefficient (Wildman–Crippen LogP) is 1.65. The first-order chi connectivity index (χ1) is 10.9. The maximum Gasteiger partial charge on any atom is 0.323 e. The molecule has 3 rings (SSSR count). The van der Waals surface area contributed by atoms with Gasteiger partial charge in [0.05, 0.1) is 11.5 Å². The maximum atomic E-state index is 12.5. The molecule has 0 saturated heterocycles. The van der Waals surface area contributed by atoms with Crippen molar-refractivity contribution in [3.8, 4) is 0 Å². The molecule has 1 unspecified atom stereocenters. The van der Waals surface area contributed by atoms with E-state index in [0.29, 0.717) is 4.31 Å². The minimum atomic E-state index is -3.97. The number of ether oxygens (including phenoxy) is 1. The van der Waals surface area contributed by atoms with Gasteiger partial charge >= 0.3 is 5.97 Å². The van der Waals surface area contributed by atoms with Crippen LogP contribution in [0.4, 0.5) is 0 Å². The Labute approximate surface area is 133 Å². The lowest BCUT2D eigenvalue weighted by molar-refractivity contribution is -0.149. The highest BCUT2D eigenvalue weighted by Gasteiger charge is 2.45. The van der Waals surface area contributed by atoms with Crippen LogP contribution < -0.4 is 0 Å². The van der Waals surface area contributed by atoms with Gasteiger partial charge in [-0.3, -0.25) is 9.59 Å². The highest BCUT2D eigenvalue weighted by molar-refractivity contribution is 7.89. The van der Waals surface area contributed by atoms with E-state index in [2.05, 4.69) is 0 Å². The summed E-state index contributed by atoms with van der Waals surface area (Å²) >= 11 is 0. The Morgan fingerprint density at radius 3 is 2.43 bits per heavy atom. The Bertz CT molecular complexity index is 919. The lowest BCUT2D eigenvalue weighted by atomic mass is 9.95. The summed E-state index contributed by atoms with van der Waals surface area (Å²) in [6.07, 6.45) is 0. The summed E-state index contributed by atoms with van der Waals surface area (Å²) in [7, 11) is -2.81. The fourth-order valence-corrected chi connectivity index (χ4v) is 4.11. The van der Waals surface area contributed by atoms with Gasteiger partial charge in [0.1, 0.15) is 0 Å². The van der Waals surface area contributed by atoms with Crippen molar-refractivity contribution in [2.75, 3.05) is 13.7 Å². The van der Waals surface area contributed by atoms with E-state index in [1.165, 1.54) is 6.07 Å². The molecule has 1 heterocycles. The van der Waals surface area contributed by atoms with Crippen molar-refractivity contribution >= 4 is 32.7 Å². The molecular formula is C16H15NO5S. The Balaban J connectivity index is 2.33. The van der Waals surface area contributed by atoms with Crippen molar-refractivity contribution in [2.24, 2.45) is 0 Å². The quantitative estimate of drug-likeness (QED) is 0.616. The Morgan fingerprint density at radius 1 is 1.22 bits per heavy atom. The molecule has 0 aromatic heterocycles. The molecule has 0 N–H and O–H groups in total. The molecule has 7 heteroatoms. The molecule has 6 nitrogen and oxygen atoms in total. The summed E-state index contributed by atoms with van der Waals surface area (Å²) < 4.78 is 30.6. The minimum absolute atomic E-state index is 0.0312. The molecule has 2 aromatic rings. The van der Waals surface area contributed by atoms with Crippen LogP contribution in [0.3, 0.4) is 0 Å². The van der Waals surface area contributed by atoms with Crippen LogP contribution in [-0.2, 0) is 24.3 Å². The van der Waals surface area contributed by atoms with Gasteiger partial charge in [0, 0.05) is 7.05 Å². The molecular weight excluding hydrogens is 318 g/mol. The first-order valence-corrected chi connectivity index (χ1v) is 8.54. The normalized spacial score (nSPS) is 19.5. The van der Waals surface area contributed by atoms with E-state index in [0.717, 1.165) is 17.8 Å². The van der Waals surface area contributed by atoms with Crippen LogP contribution in [0.5, 0.6) is 0 Å². The molecule has 120 valence electrons. The topological polar surface area (TPSA) is 80.8 Å². The molecule has 23 heavy (non-hydrogen) atoms. The predicted molar refractivity (Wildman–Crippen MR) is 83.3 cm³/mol. The van der Waals surface area contributed by atoms with E-state index in [-0.39, 0.29) is 17.1 Å². The number of esters is 1. The van der Waals surface area contributed by atoms with Crippen LogP contribution in [0, 0.1) is 0 Å². The second-order valence-electron chi connectivity index (χ2n) is 5.23. The number of amides is 1. The third-order valence-corrected chi connectivity index (χ3v) is 5.72. The Morgan fingerprint density at radius 2 is 1.83 bits per heavy atom. The van der Waals surface area contributed by atoms with Crippen LogP contribution in [0.2, 0.25) is 0 Å². The summed E-state index contributed by atoms with van der Waals surface area (Å²) in [5.41, 5.74) is 0.172. The van der Waals surface area contributed by atoms with Gasteiger partial charge in [-0.2, -0.15) is 0 Å². The zero-order valence-corrected chi connectivity index (χ0v) is 13.5. The van der Waals surface area contributed by atoms with Gasteiger partial charge in [0.2, 0.25) is 0 Å². The largest absolute Gasteiger partial charge is 0.465 e. The third-order valence-electron chi connectivity index (χ3n) is 3.91. The first kappa shape index (κ1) is 15.5. The van der Waals surface area contributed by atoms with E-state index in [1.54, 1.807) is 37.3 Å². The Hall–Kier alpha value is -2.41. The van der Waals surface area contributed by atoms with Gasteiger partial charge in [0.25, 0.3) is 15.9 Å². The average molecular weight is 333 g/mol. The fraction of sp³-hybridized carbons (Fsp3) is 0.250. The molecule has 0 spiro atoms. The van der Waals surface area contributed by atoms with Crippen LogP contribution in [0.25, 0.3) is 10.8 Å². The summed E-state index contributed by atoms with van der Waals surface area (Å²) in [5, 5.41) is 1.48. The van der Waals surface area contributed by atoms with E-state index in [4.69, 9.17) is 4.74 Å². The molecule has 1 aliphatic heterocycles. The maximum absolute atomic E-state index is 12.5. The second kappa shape index (κ2) is 5.34. The number of hydrogen-bond acceptors (Lipinski definition) is 5. The molecule has 1 atom stereocenters. The number of sulfonamides is 1. The van der Waals surface area contributed by atoms with E-state index in [1.807, 2.05) is 0 Å². The molecule has 0 radical (unpaired) electrons. The number of nitrogens with zero attached hydrogens (tertiary/aromatic N) is 1. The Kier molecular flexibility index (Phi) is 3.60. The van der Waals surface area contributed by atoms with Crippen LogP contribution in [-0.4, -0.2) is 38.3 Å². The average Bonchev–Trinajstić information content (AvgIpc) is 2.52. The standard InChI is InChI=1S/C16H15NO5S/c1-3-22-16(19)14-12-8-10-6-4-5-7-11(10)9-13(12)23(20,21)17(2)15(14)18/h4-9,14H,3H2,1-2H3. The van der Waals surface area contributed by atoms with Gasteiger partial charge < -0.3 is 4.74 Å². The number of likely N-dealkylation sites (N-methyl/N-ethyl adjacent to an activating group) is 1. The van der Waals surface area contributed by atoms with E-state index >= 15 is 0 Å². The zero-order valence-electron chi connectivity index (χ0n) is 12.6. The molecule has 0 saturated carbocycles. The zero-order chi connectivity index (χ0) is 16.8. The number of carbonyl (C=O) groups is 2. The lowest BCUT2D eigenvalue weighted by Gasteiger charge is -2.30. The summed E-state index contributed by atoms with van der Waals surface area (Å²) in [4.78, 5) is 24.6. The molecule has 0 aliphatic carbocycles. The molecule has 1 amide bonds. The number of fused-ring (bicyclic) bond motifs is 2. The van der Waals surface area contributed by atoms with Crippen molar-refractivity contribution in [1.29, 1.82) is 0 Å². The van der Waals surface area contributed by atoms with Gasteiger partial charge in [0.15, 0.2) is 5.92 Å². The highest BCUT2D eigenvalue weighted by atomic mass is 32.2. The number of rotatable bonds is 2. The monoisotopic (exact) mass is 333 g/mol. The third kappa shape index (κ3) is 2.28. The summed E-state index contributed by atoms with van der Waals surface area (Å²) in [6, 6.07) is 10.2. The SMILES string of the molecule is CCOC(=O)C1C(=O)N(C)S(=O)(=O)c2cc3ccccc3cc21. The molecule has 0 bridgehead atoms.